The van der Waals surface area contributed by atoms with Crippen LogP contribution in [0, 0.1) is 5.82 Å². The number of carbonyl (C=O) groups excluding carboxylic acids is 1. The monoisotopic (exact) mass is 277 g/mol. The summed E-state index contributed by atoms with van der Waals surface area (Å²) in [6, 6.07) is 4.70. The van der Waals surface area contributed by atoms with Crippen LogP contribution in [0.2, 0.25) is 5.02 Å². The van der Waals surface area contributed by atoms with Crippen LogP contribution in [0.25, 0.3) is 0 Å². The molecule has 0 amide bonds. The molecule has 98 valence electrons. The lowest BCUT2D eigenvalue weighted by molar-refractivity contribution is 0.0973. The van der Waals surface area contributed by atoms with Crippen molar-refractivity contribution < 1.29 is 9.18 Å². The van der Waals surface area contributed by atoms with E-state index < -0.39 is 5.82 Å². The molecule has 0 spiro atoms. The highest BCUT2D eigenvalue weighted by Crippen LogP contribution is 2.23. The summed E-state index contributed by atoms with van der Waals surface area (Å²) in [5.41, 5.74) is 2.87. The summed E-state index contributed by atoms with van der Waals surface area (Å²) in [4.78, 5) is 11.8. The average Bonchev–Trinajstić information content (AvgIpc) is 2.78. The highest BCUT2D eigenvalue weighted by molar-refractivity contribution is 6.30. The molecule has 1 heterocycles. The summed E-state index contributed by atoms with van der Waals surface area (Å²) in [6.07, 6.45) is 6.41. The third kappa shape index (κ3) is 2.43. The van der Waals surface area contributed by atoms with Gasteiger partial charge in [0.15, 0.2) is 5.78 Å². The number of nitrogens with zero attached hydrogens (tertiary/aromatic N) is 1. The minimum atomic E-state index is -0.410. The number of fused-ring (bicyclic) bond motifs is 1. The standard InChI is InChI=1S/C15H13ClFNO/c16-13-6-10(4-5-14(13)17)7-18-8-11-2-1-3-15(19)12(11)9-18/h4-6,8-9H,1-3,7H2. The van der Waals surface area contributed by atoms with Crippen molar-refractivity contribution in [1.29, 1.82) is 0 Å². The van der Waals surface area contributed by atoms with Crippen molar-refractivity contribution >= 4 is 17.4 Å². The van der Waals surface area contributed by atoms with E-state index in [9.17, 15) is 9.18 Å². The molecule has 0 N–H and O–H groups in total. The van der Waals surface area contributed by atoms with Crippen LogP contribution < -0.4 is 0 Å². The first kappa shape index (κ1) is 12.4. The molecule has 0 saturated carbocycles. The van der Waals surface area contributed by atoms with Crippen molar-refractivity contribution in [2.24, 2.45) is 0 Å². The fourth-order valence-electron chi connectivity index (χ4n) is 2.52. The van der Waals surface area contributed by atoms with E-state index in [4.69, 9.17) is 11.6 Å². The van der Waals surface area contributed by atoms with Gasteiger partial charge in [0.1, 0.15) is 5.82 Å². The second-order valence-corrected chi connectivity index (χ2v) is 5.30. The minimum Gasteiger partial charge on any atom is -0.349 e. The predicted octanol–water partition coefficient (Wildman–Crippen LogP) is 3.85. The molecular weight excluding hydrogens is 265 g/mol. The Labute approximate surface area is 115 Å². The summed E-state index contributed by atoms with van der Waals surface area (Å²) < 4.78 is 15.1. The molecule has 1 aliphatic carbocycles. The Morgan fingerprint density at radius 3 is 2.84 bits per heavy atom. The maximum atomic E-state index is 13.1. The Hall–Kier alpha value is -1.61. The summed E-state index contributed by atoms with van der Waals surface area (Å²) in [5.74, 6) is -0.190. The molecule has 0 atom stereocenters. The summed E-state index contributed by atoms with van der Waals surface area (Å²) >= 11 is 5.77. The zero-order valence-electron chi connectivity index (χ0n) is 10.3. The van der Waals surface area contributed by atoms with Gasteiger partial charge >= 0.3 is 0 Å². The van der Waals surface area contributed by atoms with Gasteiger partial charge in [-0.05, 0) is 36.1 Å². The predicted molar refractivity (Wildman–Crippen MR) is 72.2 cm³/mol. The number of hydrogen-bond donors (Lipinski definition) is 0. The molecule has 2 aromatic rings. The van der Waals surface area contributed by atoms with Crippen LogP contribution in [0.1, 0.15) is 34.3 Å². The molecule has 1 aromatic heterocycles. The van der Waals surface area contributed by atoms with E-state index in [2.05, 4.69) is 0 Å². The first-order valence-corrected chi connectivity index (χ1v) is 6.67. The summed E-state index contributed by atoms with van der Waals surface area (Å²) in [7, 11) is 0. The van der Waals surface area contributed by atoms with E-state index in [1.54, 1.807) is 12.1 Å². The van der Waals surface area contributed by atoms with E-state index >= 15 is 0 Å². The lowest BCUT2D eigenvalue weighted by Crippen LogP contribution is -2.07. The molecule has 4 heteroatoms. The van der Waals surface area contributed by atoms with Gasteiger partial charge in [0, 0.05) is 30.9 Å². The van der Waals surface area contributed by atoms with Gasteiger partial charge in [0.05, 0.1) is 5.02 Å². The van der Waals surface area contributed by atoms with Gasteiger partial charge in [0.2, 0.25) is 0 Å². The van der Waals surface area contributed by atoms with Crippen molar-refractivity contribution in [3.63, 3.8) is 0 Å². The number of hydrogen-bond acceptors (Lipinski definition) is 1. The second kappa shape index (κ2) is 4.82. The molecule has 3 rings (SSSR count). The number of carbonyl (C=O) groups is 1. The molecule has 0 aliphatic heterocycles. The van der Waals surface area contributed by atoms with Crippen molar-refractivity contribution in [2.75, 3.05) is 0 Å². The fraction of sp³-hybridized carbons (Fsp3) is 0.267. The van der Waals surface area contributed by atoms with Gasteiger partial charge in [-0.1, -0.05) is 17.7 Å². The molecule has 1 aliphatic rings. The van der Waals surface area contributed by atoms with Crippen LogP contribution >= 0.6 is 11.6 Å². The SMILES string of the molecule is O=C1CCCc2cn(Cc3ccc(F)c(Cl)c3)cc21. The van der Waals surface area contributed by atoms with Crippen LogP contribution in [0.3, 0.4) is 0 Å². The van der Waals surface area contributed by atoms with Crippen LogP contribution in [-0.2, 0) is 13.0 Å². The van der Waals surface area contributed by atoms with Gasteiger partial charge in [-0.25, -0.2) is 4.39 Å². The molecule has 0 unspecified atom stereocenters. The van der Waals surface area contributed by atoms with Crippen LogP contribution in [0.5, 0.6) is 0 Å². The first-order valence-electron chi connectivity index (χ1n) is 6.29. The first-order chi connectivity index (χ1) is 9.13. The van der Waals surface area contributed by atoms with Crippen molar-refractivity contribution in [3.05, 3.63) is 58.1 Å². The molecule has 0 fully saturated rings. The van der Waals surface area contributed by atoms with E-state index in [0.29, 0.717) is 13.0 Å². The Morgan fingerprint density at radius 2 is 2.11 bits per heavy atom. The van der Waals surface area contributed by atoms with Gasteiger partial charge < -0.3 is 4.57 Å². The van der Waals surface area contributed by atoms with Gasteiger partial charge in [-0.3, -0.25) is 4.79 Å². The Bertz CT molecular complexity index is 648. The third-order valence-electron chi connectivity index (χ3n) is 3.46. The van der Waals surface area contributed by atoms with Crippen LogP contribution in [-0.4, -0.2) is 10.4 Å². The molecule has 0 bridgehead atoms. The van der Waals surface area contributed by atoms with Crippen molar-refractivity contribution in [2.45, 2.75) is 25.8 Å². The summed E-state index contributed by atoms with van der Waals surface area (Å²) in [5, 5.41) is 0.130. The topological polar surface area (TPSA) is 22.0 Å². The van der Waals surface area contributed by atoms with Crippen molar-refractivity contribution in [1.82, 2.24) is 4.57 Å². The number of halogens is 2. The molecule has 0 radical (unpaired) electrons. The maximum Gasteiger partial charge on any atom is 0.164 e. The summed E-state index contributed by atoms with van der Waals surface area (Å²) in [6.45, 7) is 0.598. The van der Waals surface area contributed by atoms with E-state index in [1.807, 2.05) is 17.0 Å². The largest absolute Gasteiger partial charge is 0.349 e. The minimum absolute atomic E-state index is 0.130. The Morgan fingerprint density at radius 1 is 1.26 bits per heavy atom. The third-order valence-corrected chi connectivity index (χ3v) is 3.75. The lowest BCUT2D eigenvalue weighted by atomic mass is 9.95. The molecule has 2 nitrogen and oxygen atoms in total. The smallest absolute Gasteiger partial charge is 0.164 e. The zero-order chi connectivity index (χ0) is 13.4. The van der Waals surface area contributed by atoms with Crippen LogP contribution in [0.15, 0.2) is 30.6 Å². The van der Waals surface area contributed by atoms with Gasteiger partial charge in [0.25, 0.3) is 0 Å². The molecular formula is C15H13ClFNO. The lowest BCUT2D eigenvalue weighted by Gasteiger charge is -2.07. The number of Topliss-reactive ketones (excluding diaryl/α,β-unsaturated/α-hetero) is 1. The van der Waals surface area contributed by atoms with E-state index in [0.717, 1.165) is 29.5 Å². The quantitative estimate of drug-likeness (QED) is 0.817. The van der Waals surface area contributed by atoms with Gasteiger partial charge in [-0.15, -0.1) is 0 Å². The number of aryl methyl sites for hydroxylation is 1. The Balaban J connectivity index is 1.87. The number of ketones is 1. The zero-order valence-corrected chi connectivity index (χ0v) is 11.1. The van der Waals surface area contributed by atoms with Crippen LogP contribution in [0.4, 0.5) is 4.39 Å². The highest BCUT2D eigenvalue weighted by Gasteiger charge is 2.19. The molecule has 19 heavy (non-hydrogen) atoms. The van der Waals surface area contributed by atoms with Crippen molar-refractivity contribution in [3.8, 4) is 0 Å². The maximum absolute atomic E-state index is 13.1. The normalized spacial score (nSPS) is 14.5. The van der Waals surface area contributed by atoms with E-state index in [1.165, 1.54) is 6.07 Å². The highest BCUT2D eigenvalue weighted by atomic mass is 35.5. The Kier molecular flexibility index (Phi) is 3.15. The number of rotatable bonds is 2. The molecule has 1 aromatic carbocycles. The van der Waals surface area contributed by atoms with E-state index in [-0.39, 0.29) is 10.8 Å². The fourth-order valence-corrected chi connectivity index (χ4v) is 2.72. The second-order valence-electron chi connectivity index (χ2n) is 4.89. The molecule has 0 saturated heterocycles. The van der Waals surface area contributed by atoms with Gasteiger partial charge in [-0.2, -0.15) is 0 Å². The number of aromatic nitrogens is 1. The number of benzene rings is 1. The average molecular weight is 278 g/mol.